The van der Waals surface area contributed by atoms with Crippen LogP contribution in [0.15, 0.2) is 72.8 Å². The molecule has 3 N–H and O–H groups in total. The van der Waals surface area contributed by atoms with Gasteiger partial charge in [-0.2, -0.15) is 0 Å². The quantitative estimate of drug-likeness (QED) is 0.426. The highest BCUT2D eigenvalue weighted by Crippen LogP contribution is 2.37. The first kappa shape index (κ1) is 20.0. The van der Waals surface area contributed by atoms with Crippen LogP contribution in [0, 0.1) is 0 Å². The van der Waals surface area contributed by atoms with E-state index in [1.807, 2.05) is 30.3 Å². The molecule has 156 valence electrons. The summed E-state index contributed by atoms with van der Waals surface area (Å²) >= 11 is 0. The molecule has 7 nitrogen and oxygen atoms in total. The second-order valence-electron chi connectivity index (χ2n) is 6.80. The Morgan fingerprint density at radius 2 is 1.32 bits per heavy atom. The fourth-order valence-corrected chi connectivity index (χ4v) is 3.26. The van der Waals surface area contributed by atoms with Gasteiger partial charge in [0.1, 0.15) is 17.2 Å². The molecule has 7 heteroatoms. The van der Waals surface area contributed by atoms with E-state index in [1.165, 1.54) is 14.2 Å². The molecule has 1 heterocycles. The molecule has 0 atom stereocenters. The number of ether oxygens (including phenoxy) is 2. The summed E-state index contributed by atoms with van der Waals surface area (Å²) in [6.45, 7) is 0. The van der Waals surface area contributed by atoms with Gasteiger partial charge in [0.15, 0.2) is 0 Å². The van der Waals surface area contributed by atoms with Gasteiger partial charge in [0.2, 0.25) is 0 Å². The zero-order valence-corrected chi connectivity index (χ0v) is 17.1. The molecule has 0 unspecified atom stereocenters. The lowest BCUT2D eigenvalue weighted by molar-refractivity contribution is 0.101. The zero-order valence-electron chi connectivity index (χ0n) is 17.1. The van der Waals surface area contributed by atoms with Crippen molar-refractivity contribution in [2.75, 3.05) is 24.9 Å². The second-order valence-corrected chi connectivity index (χ2v) is 6.80. The first-order valence-electron chi connectivity index (χ1n) is 9.60. The molecule has 0 aliphatic rings. The van der Waals surface area contributed by atoms with Gasteiger partial charge in [0.05, 0.1) is 25.6 Å². The molecule has 0 spiro atoms. The Balaban J connectivity index is 1.60. The van der Waals surface area contributed by atoms with Crippen LogP contribution < -0.4 is 20.1 Å². The van der Waals surface area contributed by atoms with Crippen LogP contribution in [0.3, 0.4) is 0 Å². The van der Waals surface area contributed by atoms with Crippen molar-refractivity contribution >= 4 is 34.1 Å². The van der Waals surface area contributed by atoms with Crippen LogP contribution in [0.4, 0.5) is 11.4 Å². The molecular weight excluding hydrogens is 394 g/mol. The number of fused-ring (bicyclic) bond motifs is 1. The molecule has 0 aliphatic heterocycles. The lowest BCUT2D eigenvalue weighted by Gasteiger charge is -2.16. The average molecular weight is 415 g/mol. The maximum absolute atomic E-state index is 12.8. The molecule has 4 aromatic rings. The highest BCUT2D eigenvalue weighted by molar-refractivity contribution is 6.08. The van der Waals surface area contributed by atoms with Crippen molar-refractivity contribution in [2.24, 2.45) is 0 Å². The number of para-hydroxylation sites is 1. The maximum atomic E-state index is 12.8. The van der Waals surface area contributed by atoms with E-state index in [4.69, 9.17) is 9.47 Å². The number of methoxy groups -OCH3 is 2. The number of carbonyl (C=O) groups is 2. The average Bonchev–Trinajstić information content (AvgIpc) is 3.24. The number of hydrogen-bond acceptors (Lipinski definition) is 4. The zero-order chi connectivity index (χ0) is 21.8. The number of rotatable bonds is 6. The molecule has 0 saturated carbocycles. The van der Waals surface area contributed by atoms with E-state index in [1.54, 1.807) is 42.5 Å². The first-order chi connectivity index (χ1) is 15.1. The Hall–Kier alpha value is -4.26. The number of amides is 2. The van der Waals surface area contributed by atoms with E-state index < -0.39 is 0 Å². The molecule has 0 radical (unpaired) electrons. The fourth-order valence-electron chi connectivity index (χ4n) is 3.26. The number of aromatic amines is 1. The Morgan fingerprint density at radius 1 is 0.742 bits per heavy atom. The summed E-state index contributed by atoms with van der Waals surface area (Å²) in [5.74, 6) is 0.166. The van der Waals surface area contributed by atoms with E-state index in [0.29, 0.717) is 34.1 Å². The van der Waals surface area contributed by atoms with Crippen LogP contribution in [0.25, 0.3) is 10.9 Å². The minimum atomic E-state index is -0.322. The summed E-state index contributed by atoms with van der Waals surface area (Å²) in [4.78, 5) is 28.4. The van der Waals surface area contributed by atoms with Gasteiger partial charge < -0.3 is 25.1 Å². The Labute approximate surface area is 179 Å². The van der Waals surface area contributed by atoms with Crippen molar-refractivity contribution < 1.29 is 19.1 Å². The highest BCUT2D eigenvalue weighted by atomic mass is 16.5. The summed E-state index contributed by atoms with van der Waals surface area (Å²) in [5, 5.41) is 6.60. The van der Waals surface area contributed by atoms with Gasteiger partial charge in [-0.25, -0.2) is 0 Å². The van der Waals surface area contributed by atoms with Gasteiger partial charge in [-0.3, -0.25) is 9.59 Å². The van der Waals surface area contributed by atoms with Crippen LogP contribution in [0.5, 0.6) is 11.5 Å². The van der Waals surface area contributed by atoms with Gasteiger partial charge in [-0.1, -0.05) is 36.4 Å². The fraction of sp³-hybridized carbons (Fsp3) is 0.0833. The van der Waals surface area contributed by atoms with Crippen molar-refractivity contribution in [3.05, 3.63) is 84.1 Å². The third-order valence-electron chi connectivity index (χ3n) is 4.83. The molecule has 0 fully saturated rings. The third-order valence-corrected chi connectivity index (χ3v) is 4.83. The second kappa shape index (κ2) is 8.62. The SMILES string of the molecule is COc1cc(NC(=O)c2cc3ccccc3[nH]2)c(OC)cc1NC(=O)c1ccccc1. The lowest BCUT2D eigenvalue weighted by atomic mass is 10.2. The number of aromatic nitrogens is 1. The molecule has 4 rings (SSSR count). The van der Waals surface area contributed by atoms with Crippen molar-refractivity contribution in [1.82, 2.24) is 4.98 Å². The standard InChI is InChI=1S/C24H21N3O4/c1-30-21-14-19(27-24(29)20-12-16-10-6-7-11-17(16)25-20)22(31-2)13-18(21)26-23(28)15-8-4-3-5-9-15/h3-14,25H,1-2H3,(H,26,28)(H,27,29). The van der Waals surface area contributed by atoms with Crippen LogP contribution >= 0.6 is 0 Å². The summed E-state index contributed by atoms with van der Waals surface area (Å²) in [6.07, 6.45) is 0. The summed E-state index contributed by atoms with van der Waals surface area (Å²) in [5.41, 5.74) is 2.65. The van der Waals surface area contributed by atoms with Gasteiger partial charge >= 0.3 is 0 Å². The minimum Gasteiger partial charge on any atom is -0.494 e. The first-order valence-corrected chi connectivity index (χ1v) is 9.60. The van der Waals surface area contributed by atoms with E-state index >= 15 is 0 Å². The number of hydrogen-bond donors (Lipinski definition) is 3. The van der Waals surface area contributed by atoms with Crippen molar-refractivity contribution in [3.8, 4) is 11.5 Å². The van der Waals surface area contributed by atoms with Crippen molar-refractivity contribution in [3.63, 3.8) is 0 Å². The predicted octanol–water partition coefficient (Wildman–Crippen LogP) is 4.69. The molecule has 2 amide bonds. The van der Waals surface area contributed by atoms with Crippen molar-refractivity contribution in [1.29, 1.82) is 0 Å². The molecule has 0 aliphatic carbocycles. The molecule has 1 aromatic heterocycles. The maximum Gasteiger partial charge on any atom is 0.272 e. The predicted molar refractivity (Wildman–Crippen MR) is 120 cm³/mol. The van der Waals surface area contributed by atoms with Crippen LogP contribution in [0.2, 0.25) is 0 Å². The molecular formula is C24H21N3O4. The Bertz CT molecular complexity index is 1220. The van der Waals surface area contributed by atoms with Crippen molar-refractivity contribution in [2.45, 2.75) is 0 Å². The van der Waals surface area contributed by atoms with Gasteiger partial charge in [-0.15, -0.1) is 0 Å². The Morgan fingerprint density at radius 3 is 1.94 bits per heavy atom. The molecule has 31 heavy (non-hydrogen) atoms. The topological polar surface area (TPSA) is 92.4 Å². The van der Waals surface area contributed by atoms with Crippen LogP contribution in [-0.2, 0) is 0 Å². The van der Waals surface area contributed by atoms with Gasteiger partial charge in [0, 0.05) is 28.6 Å². The molecule has 0 saturated heterocycles. The van der Waals surface area contributed by atoms with E-state index in [0.717, 1.165) is 10.9 Å². The normalized spacial score (nSPS) is 10.5. The molecule has 0 bridgehead atoms. The number of H-pyrrole nitrogens is 1. The van der Waals surface area contributed by atoms with Crippen LogP contribution in [0.1, 0.15) is 20.8 Å². The monoisotopic (exact) mass is 415 g/mol. The summed E-state index contributed by atoms with van der Waals surface area (Å²) < 4.78 is 10.9. The minimum absolute atomic E-state index is 0.282. The summed E-state index contributed by atoms with van der Waals surface area (Å²) in [6, 6.07) is 21.5. The van der Waals surface area contributed by atoms with E-state index in [2.05, 4.69) is 15.6 Å². The smallest absolute Gasteiger partial charge is 0.272 e. The largest absolute Gasteiger partial charge is 0.494 e. The van der Waals surface area contributed by atoms with Gasteiger partial charge in [0.25, 0.3) is 11.8 Å². The third kappa shape index (κ3) is 4.20. The summed E-state index contributed by atoms with van der Waals surface area (Å²) in [7, 11) is 2.98. The van der Waals surface area contributed by atoms with E-state index in [9.17, 15) is 9.59 Å². The number of nitrogens with one attached hydrogen (secondary N) is 3. The Kier molecular flexibility index (Phi) is 5.57. The number of benzene rings is 3. The highest BCUT2D eigenvalue weighted by Gasteiger charge is 2.17. The molecule has 3 aromatic carbocycles. The van der Waals surface area contributed by atoms with E-state index in [-0.39, 0.29) is 11.8 Å². The number of carbonyl (C=O) groups excluding carboxylic acids is 2. The van der Waals surface area contributed by atoms with Crippen LogP contribution in [-0.4, -0.2) is 31.0 Å². The number of anilines is 2. The van der Waals surface area contributed by atoms with Gasteiger partial charge in [-0.05, 0) is 24.3 Å². The lowest BCUT2D eigenvalue weighted by Crippen LogP contribution is -2.15.